The Morgan fingerprint density at radius 1 is 0.914 bits per heavy atom. The molecule has 2 N–H and O–H groups in total. The lowest BCUT2D eigenvalue weighted by molar-refractivity contribution is 0.0982. The zero-order valence-corrected chi connectivity index (χ0v) is 21.6. The van der Waals surface area contributed by atoms with Gasteiger partial charge in [0.15, 0.2) is 5.82 Å². The summed E-state index contributed by atoms with van der Waals surface area (Å²) in [5, 5.41) is 11.6. The molecule has 2 fully saturated rings. The first-order valence-corrected chi connectivity index (χ1v) is 12.7. The quantitative estimate of drug-likeness (QED) is 0.505. The van der Waals surface area contributed by atoms with Gasteiger partial charge in [-0.05, 0) is 38.1 Å². The molecular formula is C24H31Cl2N9. The fourth-order valence-corrected chi connectivity index (χ4v) is 5.10. The fourth-order valence-electron chi connectivity index (χ4n) is 4.74. The summed E-state index contributed by atoms with van der Waals surface area (Å²) in [6.45, 7) is 6.79. The number of hydrogen-bond acceptors (Lipinski definition) is 8. The largest absolute Gasteiger partial charge is 0.371 e. The van der Waals surface area contributed by atoms with Crippen molar-refractivity contribution < 1.29 is 0 Å². The maximum Gasteiger partial charge on any atom is 0.229 e. The van der Waals surface area contributed by atoms with Crippen molar-refractivity contribution in [2.75, 3.05) is 61.8 Å². The van der Waals surface area contributed by atoms with Gasteiger partial charge in [0.25, 0.3) is 0 Å². The number of anilines is 5. The van der Waals surface area contributed by atoms with Crippen LogP contribution in [0, 0.1) is 0 Å². The molecule has 0 bridgehead atoms. The van der Waals surface area contributed by atoms with Crippen LogP contribution in [-0.4, -0.2) is 81.9 Å². The number of benzene rings is 1. The van der Waals surface area contributed by atoms with Crippen molar-refractivity contribution in [1.82, 2.24) is 29.5 Å². The van der Waals surface area contributed by atoms with E-state index in [1.807, 2.05) is 25.4 Å². The molecule has 0 aliphatic carbocycles. The first kappa shape index (κ1) is 24.1. The molecule has 0 atom stereocenters. The zero-order valence-electron chi connectivity index (χ0n) is 20.1. The van der Waals surface area contributed by atoms with E-state index in [1.165, 1.54) is 39.0 Å². The highest BCUT2D eigenvalue weighted by molar-refractivity contribution is 6.34. The highest BCUT2D eigenvalue weighted by Gasteiger charge is 2.27. The van der Waals surface area contributed by atoms with Crippen molar-refractivity contribution in [3.8, 4) is 0 Å². The second kappa shape index (κ2) is 10.6. The molecule has 9 nitrogen and oxygen atoms in total. The third kappa shape index (κ3) is 5.81. The Labute approximate surface area is 216 Å². The molecule has 0 radical (unpaired) electrons. The average molecular weight is 516 g/mol. The van der Waals surface area contributed by atoms with Crippen molar-refractivity contribution in [3.63, 3.8) is 0 Å². The minimum atomic E-state index is 0.406. The number of piperazine rings is 1. The molecule has 35 heavy (non-hydrogen) atoms. The Bertz CT molecular complexity index is 1150. The second-order valence-corrected chi connectivity index (χ2v) is 10.1. The van der Waals surface area contributed by atoms with Crippen molar-refractivity contribution in [2.24, 2.45) is 7.05 Å². The van der Waals surface area contributed by atoms with E-state index in [1.54, 1.807) is 17.1 Å². The summed E-state index contributed by atoms with van der Waals surface area (Å²) in [6.07, 6.45) is 7.48. The van der Waals surface area contributed by atoms with Crippen LogP contribution in [0.1, 0.15) is 12.8 Å². The summed E-state index contributed by atoms with van der Waals surface area (Å²) in [4.78, 5) is 16.3. The Hall–Kier alpha value is -2.59. The smallest absolute Gasteiger partial charge is 0.229 e. The molecule has 0 unspecified atom stereocenters. The molecule has 0 saturated carbocycles. The summed E-state index contributed by atoms with van der Waals surface area (Å²) in [5.41, 5.74) is 2.68. The van der Waals surface area contributed by atoms with E-state index < -0.39 is 0 Å². The molecule has 2 aliphatic heterocycles. The highest BCUT2D eigenvalue weighted by Crippen LogP contribution is 2.32. The first-order valence-electron chi connectivity index (χ1n) is 12.0. The minimum absolute atomic E-state index is 0.406. The van der Waals surface area contributed by atoms with E-state index in [-0.39, 0.29) is 0 Å². The van der Waals surface area contributed by atoms with Crippen LogP contribution < -0.4 is 15.5 Å². The molecule has 186 valence electrons. The SMILES string of the molecule is CN1CCN(C2CCN(c3ccc(Nc4ncc(Cl)c(Nc5cnn(C)c5)n4)c(Cl)c3)CC2)CC1. The molecule has 1 aromatic carbocycles. The van der Waals surface area contributed by atoms with Gasteiger partial charge in [0, 0.05) is 64.2 Å². The lowest BCUT2D eigenvalue weighted by Crippen LogP contribution is -2.52. The van der Waals surface area contributed by atoms with Crippen LogP contribution in [0.4, 0.5) is 28.8 Å². The van der Waals surface area contributed by atoms with Crippen molar-refractivity contribution in [3.05, 3.63) is 46.8 Å². The lowest BCUT2D eigenvalue weighted by atomic mass is 10.0. The summed E-state index contributed by atoms with van der Waals surface area (Å²) in [7, 11) is 4.06. The first-order chi connectivity index (χ1) is 16.9. The standard InChI is InChI=1S/C24H31Cl2N9/c1-32-9-11-35(12-10-32)18-5-7-34(8-6-18)19-3-4-22(20(25)13-19)30-24-27-15-21(26)23(31-24)29-17-14-28-33(2)16-17/h3-4,13-16,18H,5-12H2,1-2H3,(H2,27,29,30,31). The molecule has 0 spiro atoms. The summed E-state index contributed by atoms with van der Waals surface area (Å²) < 4.78 is 1.70. The Balaban J connectivity index is 1.21. The lowest BCUT2D eigenvalue weighted by Gasteiger charge is -2.42. The third-order valence-corrected chi connectivity index (χ3v) is 7.38. The van der Waals surface area contributed by atoms with Crippen LogP contribution in [-0.2, 0) is 7.05 Å². The third-order valence-electron chi connectivity index (χ3n) is 6.79. The Kier molecular flexibility index (Phi) is 7.29. The maximum atomic E-state index is 6.66. The van der Waals surface area contributed by atoms with Gasteiger partial charge in [0.05, 0.1) is 28.8 Å². The van der Waals surface area contributed by atoms with Gasteiger partial charge in [-0.1, -0.05) is 23.2 Å². The van der Waals surface area contributed by atoms with Gasteiger partial charge >= 0.3 is 0 Å². The van der Waals surface area contributed by atoms with Crippen molar-refractivity contribution in [2.45, 2.75) is 18.9 Å². The van der Waals surface area contributed by atoms with Gasteiger partial charge in [-0.2, -0.15) is 10.1 Å². The number of aromatic nitrogens is 4. The van der Waals surface area contributed by atoms with Crippen molar-refractivity contribution in [1.29, 1.82) is 0 Å². The van der Waals surface area contributed by atoms with E-state index in [0.29, 0.717) is 27.9 Å². The van der Waals surface area contributed by atoms with Crippen molar-refractivity contribution >= 4 is 52.0 Å². The average Bonchev–Trinajstić information content (AvgIpc) is 3.27. The zero-order chi connectivity index (χ0) is 24.4. The summed E-state index contributed by atoms with van der Waals surface area (Å²) in [5.74, 6) is 0.900. The van der Waals surface area contributed by atoms with E-state index in [2.05, 4.69) is 53.5 Å². The van der Waals surface area contributed by atoms with Gasteiger partial charge in [-0.25, -0.2) is 4.98 Å². The molecule has 11 heteroatoms. The molecule has 4 heterocycles. The number of likely N-dealkylation sites (N-methyl/N-ethyl adjacent to an activating group) is 1. The van der Waals surface area contributed by atoms with Crippen LogP contribution in [0.2, 0.25) is 10.0 Å². The Morgan fingerprint density at radius 2 is 1.69 bits per heavy atom. The Morgan fingerprint density at radius 3 is 2.37 bits per heavy atom. The van der Waals surface area contributed by atoms with Crippen LogP contribution in [0.25, 0.3) is 0 Å². The predicted molar refractivity (Wildman–Crippen MR) is 143 cm³/mol. The normalized spacial score (nSPS) is 18.1. The minimum Gasteiger partial charge on any atom is -0.371 e. The summed E-state index contributed by atoms with van der Waals surface area (Å²) >= 11 is 12.9. The molecule has 3 aromatic rings. The number of piperidine rings is 1. The number of halogens is 2. The van der Waals surface area contributed by atoms with Gasteiger partial charge in [-0.3, -0.25) is 9.58 Å². The van der Waals surface area contributed by atoms with Crippen LogP contribution in [0.15, 0.2) is 36.8 Å². The molecular weight excluding hydrogens is 485 g/mol. The maximum absolute atomic E-state index is 6.66. The van der Waals surface area contributed by atoms with E-state index in [9.17, 15) is 0 Å². The van der Waals surface area contributed by atoms with E-state index in [0.717, 1.165) is 30.2 Å². The number of rotatable bonds is 6. The number of aryl methyl sites for hydroxylation is 1. The monoisotopic (exact) mass is 515 g/mol. The highest BCUT2D eigenvalue weighted by atomic mass is 35.5. The fraction of sp³-hybridized carbons (Fsp3) is 0.458. The number of nitrogens with zero attached hydrogens (tertiary/aromatic N) is 7. The number of nitrogens with one attached hydrogen (secondary N) is 2. The van der Waals surface area contributed by atoms with E-state index in [4.69, 9.17) is 23.2 Å². The van der Waals surface area contributed by atoms with E-state index >= 15 is 0 Å². The molecule has 2 aliphatic rings. The second-order valence-electron chi connectivity index (χ2n) is 9.26. The van der Waals surface area contributed by atoms with Gasteiger partial charge in [0.2, 0.25) is 5.95 Å². The van der Waals surface area contributed by atoms with Gasteiger partial charge in [-0.15, -0.1) is 0 Å². The summed E-state index contributed by atoms with van der Waals surface area (Å²) in [6, 6.07) is 6.80. The van der Waals surface area contributed by atoms with Crippen LogP contribution in [0.5, 0.6) is 0 Å². The number of hydrogen-bond donors (Lipinski definition) is 2. The molecule has 2 aromatic heterocycles. The van der Waals surface area contributed by atoms with Crippen LogP contribution in [0.3, 0.4) is 0 Å². The van der Waals surface area contributed by atoms with Gasteiger partial charge in [0.1, 0.15) is 5.02 Å². The molecule has 2 saturated heterocycles. The molecule has 0 amide bonds. The topological polar surface area (TPSA) is 77.4 Å². The predicted octanol–water partition coefficient (Wildman–Crippen LogP) is 4.22. The van der Waals surface area contributed by atoms with Crippen LogP contribution >= 0.6 is 23.2 Å². The molecule has 5 rings (SSSR count). The van der Waals surface area contributed by atoms with Gasteiger partial charge < -0.3 is 20.4 Å².